The third-order valence-corrected chi connectivity index (χ3v) is 5.45. The Labute approximate surface area is 172 Å². The van der Waals surface area contributed by atoms with Crippen molar-refractivity contribution >= 4 is 29.1 Å². The molecule has 0 unspecified atom stereocenters. The lowest BCUT2D eigenvalue weighted by Gasteiger charge is -2.33. The minimum atomic E-state index is -0.670. The molecule has 2 amide bonds. The van der Waals surface area contributed by atoms with Crippen LogP contribution in [-0.2, 0) is 20.9 Å². The summed E-state index contributed by atoms with van der Waals surface area (Å²) in [5.74, 6) is -1.29. The number of thiazole rings is 1. The predicted octanol–water partition coefficient (Wildman–Crippen LogP) is 2.05. The largest absolute Gasteiger partial charge is 0.486 e. The molecule has 29 heavy (non-hydrogen) atoms. The van der Waals surface area contributed by atoms with Crippen LogP contribution >= 0.6 is 11.3 Å². The van der Waals surface area contributed by atoms with Gasteiger partial charge < -0.3 is 20.1 Å². The van der Waals surface area contributed by atoms with Crippen LogP contribution in [0.15, 0.2) is 29.6 Å². The van der Waals surface area contributed by atoms with Gasteiger partial charge in [0.15, 0.2) is 6.61 Å². The van der Waals surface area contributed by atoms with Crippen molar-refractivity contribution in [1.82, 2.24) is 9.88 Å². The number of carbonyl (C=O) groups is 3. The van der Waals surface area contributed by atoms with Crippen molar-refractivity contribution < 1.29 is 23.9 Å². The van der Waals surface area contributed by atoms with E-state index in [1.807, 2.05) is 12.3 Å². The van der Waals surface area contributed by atoms with E-state index in [0.717, 1.165) is 23.5 Å². The summed E-state index contributed by atoms with van der Waals surface area (Å²) in [5, 5.41) is 2.82. The second-order valence-electron chi connectivity index (χ2n) is 6.72. The Balaban J connectivity index is 1.60. The van der Waals surface area contributed by atoms with Crippen LogP contribution in [0.1, 0.15) is 40.3 Å². The number of nitrogens with two attached hydrogens (primary N) is 1. The molecule has 8 nitrogen and oxygen atoms in total. The molecule has 0 aliphatic carbocycles. The molecule has 3 rings (SSSR count). The number of primary amides is 1. The monoisotopic (exact) mass is 417 g/mol. The number of hydrogen-bond donors (Lipinski definition) is 1. The number of likely N-dealkylation sites (tertiary alicyclic amines) is 1. The lowest BCUT2D eigenvalue weighted by molar-refractivity contribution is -0.143. The fourth-order valence-electron chi connectivity index (χ4n) is 3.20. The van der Waals surface area contributed by atoms with Crippen molar-refractivity contribution in [2.45, 2.75) is 38.8 Å². The molecule has 1 fully saturated rings. The smallest absolute Gasteiger partial charge is 0.342 e. The first kappa shape index (κ1) is 20.8. The number of carbonyl (C=O) groups excluding carboxylic acids is 3. The average Bonchev–Trinajstić information content (AvgIpc) is 3.15. The highest BCUT2D eigenvalue weighted by Crippen LogP contribution is 2.21. The SMILES string of the molecule is Cc1nc(COc2ccccc2C(=O)OCC(=O)N2CCCC[C@@H]2C(N)=O)cs1. The maximum Gasteiger partial charge on any atom is 0.342 e. The van der Waals surface area contributed by atoms with Crippen LogP contribution in [0, 0.1) is 6.92 Å². The van der Waals surface area contributed by atoms with Crippen LogP contribution < -0.4 is 10.5 Å². The number of piperidine rings is 1. The Morgan fingerprint density at radius 3 is 2.79 bits per heavy atom. The number of para-hydroxylation sites is 1. The van der Waals surface area contributed by atoms with Gasteiger partial charge in [0.1, 0.15) is 24.0 Å². The second-order valence-corrected chi connectivity index (χ2v) is 7.78. The topological polar surface area (TPSA) is 112 Å². The number of aryl methyl sites for hydroxylation is 1. The molecule has 0 spiro atoms. The van der Waals surface area contributed by atoms with Crippen molar-refractivity contribution in [3.05, 3.63) is 45.9 Å². The minimum Gasteiger partial charge on any atom is -0.486 e. The minimum absolute atomic E-state index is 0.220. The summed E-state index contributed by atoms with van der Waals surface area (Å²) in [7, 11) is 0. The van der Waals surface area contributed by atoms with Crippen LogP contribution in [0.2, 0.25) is 0 Å². The number of rotatable bonds is 7. The van der Waals surface area contributed by atoms with E-state index in [1.54, 1.807) is 24.3 Å². The van der Waals surface area contributed by atoms with E-state index in [1.165, 1.54) is 16.2 Å². The van der Waals surface area contributed by atoms with Crippen molar-refractivity contribution in [3.8, 4) is 5.75 Å². The van der Waals surface area contributed by atoms with Crippen molar-refractivity contribution in [2.75, 3.05) is 13.2 Å². The zero-order valence-corrected chi connectivity index (χ0v) is 16.9. The molecule has 1 aliphatic rings. The van der Waals surface area contributed by atoms with Gasteiger partial charge in [-0.3, -0.25) is 9.59 Å². The highest BCUT2D eigenvalue weighted by Gasteiger charge is 2.31. The molecule has 9 heteroatoms. The van der Waals surface area contributed by atoms with Gasteiger partial charge in [-0.15, -0.1) is 11.3 Å². The van der Waals surface area contributed by atoms with Gasteiger partial charge in [-0.05, 0) is 38.3 Å². The summed E-state index contributed by atoms with van der Waals surface area (Å²) in [6.45, 7) is 2.10. The molecule has 1 aromatic carbocycles. The Hall–Kier alpha value is -2.94. The molecule has 2 heterocycles. The van der Waals surface area contributed by atoms with Gasteiger partial charge in [-0.2, -0.15) is 0 Å². The molecule has 1 aromatic heterocycles. The second kappa shape index (κ2) is 9.51. The third kappa shape index (κ3) is 5.32. The van der Waals surface area contributed by atoms with Crippen LogP contribution in [0.5, 0.6) is 5.75 Å². The van der Waals surface area contributed by atoms with Crippen molar-refractivity contribution in [2.24, 2.45) is 5.73 Å². The summed E-state index contributed by atoms with van der Waals surface area (Å²) >= 11 is 1.52. The highest BCUT2D eigenvalue weighted by atomic mass is 32.1. The number of amides is 2. The number of esters is 1. The van der Waals surface area contributed by atoms with Gasteiger partial charge in [0.05, 0.1) is 10.7 Å². The molecule has 2 aromatic rings. The van der Waals surface area contributed by atoms with Crippen LogP contribution in [0.25, 0.3) is 0 Å². The maximum atomic E-state index is 12.5. The van der Waals surface area contributed by atoms with Crippen LogP contribution in [0.4, 0.5) is 0 Å². The maximum absolute atomic E-state index is 12.5. The summed E-state index contributed by atoms with van der Waals surface area (Å²) in [5.41, 5.74) is 6.38. The Kier molecular flexibility index (Phi) is 6.82. The first-order valence-corrected chi connectivity index (χ1v) is 10.2. The molecule has 0 radical (unpaired) electrons. The van der Waals surface area contributed by atoms with E-state index in [9.17, 15) is 14.4 Å². The summed E-state index contributed by atoms with van der Waals surface area (Å²) in [4.78, 5) is 42.2. The van der Waals surface area contributed by atoms with E-state index >= 15 is 0 Å². The Bertz CT molecular complexity index is 898. The number of aromatic nitrogens is 1. The molecule has 1 saturated heterocycles. The lowest BCUT2D eigenvalue weighted by atomic mass is 10.0. The normalized spacial score (nSPS) is 16.3. The quantitative estimate of drug-likeness (QED) is 0.690. The molecular weight excluding hydrogens is 394 g/mol. The number of ether oxygens (including phenoxy) is 2. The number of hydrogen-bond acceptors (Lipinski definition) is 7. The van der Waals surface area contributed by atoms with E-state index in [2.05, 4.69) is 4.98 Å². The highest BCUT2D eigenvalue weighted by molar-refractivity contribution is 7.09. The fraction of sp³-hybridized carbons (Fsp3) is 0.400. The van der Waals surface area contributed by atoms with Crippen molar-refractivity contribution in [3.63, 3.8) is 0 Å². The van der Waals surface area contributed by atoms with Gasteiger partial charge in [-0.25, -0.2) is 9.78 Å². The van der Waals surface area contributed by atoms with Crippen LogP contribution in [-0.4, -0.2) is 46.9 Å². The third-order valence-electron chi connectivity index (χ3n) is 4.63. The van der Waals surface area contributed by atoms with Crippen molar-refractivity contribution in [1.29, 1.82) is 0 Å². The lowest BCUT2D eigenvalue weighted by Crippen LogP contribution is -2.51. The average molecular weight is 417 g/mol. The van der Waals surface area contributed by atoms with E-state index < -0.39 is 30.4 Å². The standard InChI is InChI=1S/C20H23N3O5S/c1-13-22-14(12-29-13)10-27-17-8-3-2-6-15(17)20(26)28-11-18(24)23-9-5-4-7-16(23)19(21)25/h2-3,6,8,12,16H,4-5,7,9-11H2,1H3,(H2,21,25)/t16-/m1/s1. The Morgan fingerprint density at radius 2 is 2.07 bits per heavy atom. The molecule has 154 valence electrons. The van der Waals surface area contributed by atoms with Gasteiger partial charge in [0.25, 0.3) is 5.91 Å². The zero-order valence-electron chi connectivity index (χ0n) is 16.1. The molecule has 0 saturated carbocycles. The van der Waals surface area contributed by atoms with Gasteiger partial charge in [-0.1, -0.05) is 12.1 Å². The molecule has 1 atom stereocenters. The summed E-state index contributed by atoms with van der Waals surface area (Å²) < 4.78 is 10.9. The molecular formula is C20H23N3O5S. The van der Waals surface area contributed by atoms with Gasteiger partial charge in [0, 0.05) is 11.9 Å². The van der Waals surface area contributed by atoms with Gasteiger partial charge >= 0.3 is 5.97 Å². The molecule has 0 bridgehead atoms. The summed E-state index contributed by atoms with van der Waals surface area (Å²) in [6.07, 6.45) is 2.15. The Morgan fingerprint density at radius 1 is 1.28 bits per heavy atom. The molecule has 2 N–H and O–H groups in total. The fourth-order valence-corrected chi connectivity index (χ4v) is 3.80. The first-order valence-electron chi connectivity index (χ1n) is 9.34. The van der Waals surface area contributed by atoms with Gasteiger partial charge in [0.2, 0.25) is 5.91 Å². The zero-order chi connectivity index (χ0) is 20.8. The van der Waals surface area contributed by atoms with E-state index in [4.69, 9.17) is 15.2 Å². The van der Waals surface area contributed by atoms with E-state index in [-0.39, 0.29) is 12.2 Å². The first-order chi connectivity index (χ1) is 14.0. The number of benzene rings is 1. The van der Waals surface area contributed by atoms with E-state index in [0.29, 0.717) is 18.7 Å². The molecule has 1 aliphatic heterocycles. The van der Waals surface area contributed by atoms with Crippen LogP contribution in [0.3, 0.4) is 0 Å². The number of nitrogens with zero attached hydrogens (tertiary/aromatic N) is 2. The summed E-state index contributed by atoms with van der Waals surface area (Å²) in [6, 6.07) is 6.01. The predicted molar refractivity (Wildman–Crippen MR) is 106 cm³/mol.